The molecule has 2 atom stereocenters. The van der Waals surface area contributed by atoms with E-state index in [9.17, 15) is 0 Å². The van der Waals surface area contributed by atoms with Gasteiger partial charge in [-0.2, -0.15) is 0 Å². The lowest BCUT2D eigenvalue weighted by atomic mass is 10.0. The number of nitrogens with zero attached hydrogens (tertiary/aromatic N) is 3. The standard InChI is InChI=1S/C27H26N4OS/c1-3-19-13-15-20(16-14-19)31-26(25(29-27(31)33)21-9-6-7-17-28-21)23-11-8-18-30(23)22-10-4-5-12-24(22)32-2/h4-18,25-26H,3H2,1-2H3,(H,29,33)/t25-,26-/m0/s1. The van der Waals surface area contributed by atoms with Gasteiger partial charge in [-0.1, -0.05) is 37.3 Å². The van der Waals surface area contributed by atoms with Gasteiger partial charge in [0.05, 0.1) is 24.5 Å². The van der Waals surface area contributed by atoms with Gasteiger partial charge in [-0.3, -0.25) is 4.98 Å². The summed E-state index contributed by atoms with van der Waals surface area (Å²) in [6, 6.07) is 26.7. The number of ether oxygens (including phenoxy) is 1. The van der Waals surface area contributed by atoms with Gasteiger partial charge >= 0.3 is 0 Å². The van der Waals surface area contributed by atoms with Crippen molar-refractivity contribution in [2.24, 2.45) is 0 Å². The number of pyridine rings is 1. The highest BCUT2D eigenvalue weighted by molar-refractivity contribution is 7.80. The first kappa shape index (κ1) is 21.2. The number of methoxy groups -OCH3 is 1. The molecule has 2 aromatic heterocycles. The smallest absolute Gasteiger partial charge is 0.174 e. The number of rotatable bonds is 6. The molecule has 0 amide bonds. The number of thiocarbonyl (C=S) groups is 1. The van der Waals surface area contributed by atoms with Gasteiger partial charge in [0, 0.05) is 23.8 Å². The van der Waals surface area contributed by atoms with Crippen LogP contribution < -0.4 is 15.0 Å². The lowest BCUT2D eigenvalue weighted by Gasteiger charge is -2.29. The second kappa shape index (κ2) is 9.08. The van der Waals surface area contributed by atoms with Crippen LogP contribution >= 0.6 is 12.2 Å². The van der Waals surface area contributed by atoms with Crippen molar-refractivity contribution in [3.8, 4) is 11.4 Å². The van der Waals surface area contributed by atoms with Crippen LogP contribution in [0, 0.1) is 0 Å². The number of hydrogen-bond donors (Lipinski definition) is 1. The SMILES string of the molecule is CCc1ccc(N2C(=S)N[C@@H](c3ccccn3)[C@@H]2c2cccn2-c2ccccc2OC)cc1. The van der Waals surface area contributed by atoms with Crippen molar-refractivity contribution in [2.75, 3.05) is 12.0 Å². The second-order valence-corrected chi connectivity index (χ2v) is 8.38. The summed E-state index contributed by atoms with van der Waals surface area (Å²) in [5, 5.41) is 4.23. The Morgan fingerprint density at radius 2 is 1.76 bits per heavy atom. The van der Waals surface area contributed by atoms with E-state index in [1.54, 1.807) is 7.11 Å². The van der Waals surface area contributed by atoms with Gasteiger partial charge in [-0.25, -0.2) is 0 Å². The molecular weight excluding hydrogens is 428 g/mol. The third-order valence-electron chi connectivity index (χ3n) is 6.15. The first-order valence-electron chi connectivity index (χ1n) is 11.1. The molecule has 1 aliphatic heterocycles. The monoisotopic (exact) mass is 454 g/mol. The molecule has 2 aromatic carbocycles. The maximum absolute atomic E-state index is 5.87. The average molecular weight is 455 g/mol. The molecule has 0 unspecified atom stereocenters. The Kier molecular flexibility index (Phi) is 5.84. The fourth-order valence-electron chi connectivity index (χ4n) is 4.51. The van der Waals surface area contributed by atoms with Crippen LogP contribution in [0.4, 0.5) is 5.69 Å². The molecule has 1 saturated heterocycles. The second-order valence-electron chi connectivity index (χ2n) is 7.99. The normalized spacial score (nSPS) is 17.8. The van der Waals surface area contributed by atoms with E-state index in [1.807, 2.05) is 42.6 Å². The molecule has 0 spiro atoms. The van der Waals surface area contributed by atoms with Crippen molar-refractivity contribution in [1.29, 1.82) is 0 Å². The van der Waals surface area contributed by atoms with Gasteiger partial charge < -0.3 is 19.5 Å². The highest BCUT2D eigenvalue weighted by Crippen LogP contribution is 2.42. The number of anilines is 1. The Bertz CT molecular complexity index is 1250. The first-order valence-corrected chi connectivity index (χ1v) is 11.5. The summed E-state index contributed by atoms with van der Waals surface area (Å²) >= 11 is 5.87. The summed E-state index contributed by atoms with van der Waals surface area (Å²) in [4.78, 5) is 6.87. The lowest BCUT2D eigenvalue weighted by molar-refractivity contribution is 0.412. The molecule has 6 heteroatoms. The summed E-state index contributed by atoms with van der Waals surface area (Å²) in [5.74, 6) is 0.816. The average Bonchev–Trinajstić information content (AvgIpc) is 3.48. The Hall–Kier alpha value is -3.64. The Balaban J connectivity index is 1.66. The Morgan fingerprint density at radius 3 is 2.48 bits per heavy atom. The third-order valence-corrected chi connectivity index (χ3v) is 6.46. The maximum atomic E-state index is 5.87. The number of aromatic nitrogens is 2. The van der Waals surface area contributed by atoms with Gasteiger partial charge in [-0.15, -0.1) is 0 Å². The van der Waals surface area contributed by atoms with Crippen molar-refractivity contribution in [1.82, 2.24) is 14.9 Å². The van der Waals surface area contributed by atoms with E-state index in [2.05, 4.69) is 75.4 Å². The number of aryl methyl sites for hydroxylation is 1. The van der Waals surface area contributed by atoms with Crippen molar-refractivity contribution in [3.05, 3.63) is 108 Å². The maximum Gasteiger partial charge on any atom is 0.174 e. The van der Waals surface area contributed by atoms with Crippen molar-refractivity contribution in [3.63, 3.8) is 0 Å². The molecule has 0 bridgehead atoms. The summed E-state index contributed by atoms with van der Waals surface area (Å²) in [5.41, 5.74) is 5.39. The molecule has 33 heavy (non-hydrogen) atoms. The third kappa shape index (κ3) is 3.87. The van der Waals surface area contributed by atoms with Gasteiger partial charge in [0.15, 0.2) is 5.11 Å². The van der Waals surface area contributed by atoms with Crippen LogP contribution in [0.15, 0.2) is 91.3 Å². The van der Waals surface area contributed by atoms with E-state index >= 15 is 0 Å². The minimum Gasteiger partial charge on any atom is -0.495 e. The molecule has 5 nitrogen and oxygen atoms in total. The Morgan fingerprint density at radius 1 is 0.970 bits per heavy atom. The molecule has 4 aromatic rings. The molecule has 1 N–H and O–H groups in total. The van der Waals surface area contributed by atoms with Crippen LogP contribution in [0.2, 0.25) is 0 Å². The predicted molar refractivity (Wildman–Crippen MR) is 136 cm³/mol. The van der Waals surface area contributed by atoms with Crippen molar-refractivity contribution >= 4 is 23.0 Å². The minimum atomic E-state index is -0.104. The Labute approximate surface area is 199 Å². The highest BCUT2D eigenvalue weighted by atomic mass is 32.1. The van der Waals surface area contributed by atoms with E-state index in [4.69, 9.17) is 17.0 Å². The number of hydrogen-bond acceptors (Lipinski definition) is 3. The van der Waals surface area contributed by atoms with Crippen LogP contribution in [0.3, 0.4) is 0 Å². The molecule has 3 heterocycles. The minimum absolute atomic E-state index is 0.0974. The molecule has 0 radical (unpaired) electrons. The topological polar surface area (TPSA) is 42.3 Å². The summed E-state index contributed by atoms with van der Waals surface area (Å²) in [7, 11) is 1.70. The molecule has 0 aliphatic carbocycles. The number of nitrogens with one attached hydrogen (secondary N) is 1. The molecule has 5 rings (SSSR count). The van der Waals surface area contributed by atoms with Gasteiger partial charge in [0.1, 0.15) is 11.8 Å². The lowest BCUT2D eigenvalue weighted by Crippen LogP contribution is -2.30. The summed E-state index contributed by atoms with van der Waals surface area (Å²) in [6.45, 7) is 2.16. The molecule has 1 aliphatic rings. The van der Waals surface area contributed by atoms with E-state index in [1.165, 1.54) is 5.56 Å². The zero-order valence-electron chi connectivity index (χ0n) is 18.7. The molecular formula is C27H26N4OS. The van der Waals surface area contributed by atoms with Gasteiger partial charge in [-0.05, 0) is 72.7 Å². The summed E-state index contributed by atoms with van der Waals surface area (Å²) in [6.07, 6.45) is 4.90. The summed E-state index contributed by atoms with van der Waals surface area (Å²) < 4.78 is 7.85. The highest BCUT2D eigenvalue weighted by Gasteiger charge is 2.42. The quantitative estimate of drug-likeness (QED) is 0.383. The van der Waals surface area contributed by atoms with Crippen molar-refractivity contribution in [2.45, 2.75) is 25.4 Å². The van der Waals surface area contributed by atoms with Gasteiger partial charge in [0.25, 0.3) is 0 Å². The van der Waals surface area contributed by atoms with E-state index in [0.717, 1.165) is 34.9 Å². The van der Waals surface area contributed by atoms with Gasteiger partial charge in [0.2, 0.25) is 0 Å². The van der Waals surface area contributed by atoms with Crippen LogP contribution in [0.1, 0.15) is 36.0 Å². The predicted octanol–water partition coefficient (Wildman–Crippen LogP) is 5.62. The first-order chi connectivity index (χ1) is 16.2. The van der Waals surface area contributed by atoms with Crippen LogP contribution in [0.25, 0.3) is 5.69 Å². The molecule has 0 saturated carbocycles. The fourth-order valence-corrected chi connectivity index (χ4v) is 4.85. The molecule has 166 valence electrons. The van der Waals surface area contributed by atoms with Crippen LogP contribution in [0.5, 0.6) is 5.75 Å². The van der Waals surface area contributed by atoms with E-state index in [0.29, 0.717) is 5.11 Å². The number of benzene rings is 2. The van der Waals surface area contributed by atoms with E-state index in [-0.39, 0.29) is 12.1 Å². The fraction of sp³-hybridized carbons (Fsp3) is 0.185. The molecule has 1 fully saturated rings. The van der Waals surface area contributed by atoms with Crippen LogP contribution in [-0.2, 0) is 6.42 Å². The van der Waals surface area contributed by atoms with Crippen LogP contribution in [-0.4, -0.2) is 21.8 Å². The number of para-hydroxylation sites is 2. The van der Waals surface area contributed by atoms with E-state index < -0.39 is 0 Å². The zero-order valence-corrected chi connectivity index (χ0v) is 19.5. The zero-order chi connectivity index (χ0) is 22.8. The van der Waals surface area contributed by atoms with Crippen molar-refractivity contribution < 1.29 is 4.74 Å². The largest absolute Gasteiger partial charge is 0.495 e.